The van der Waals surface area contributed by atoms with Crippen molar-refractivity contribution in [1.82, 2.24) is 14.9 Å². The fourth-order valence-corrected chi connectivity index (χ4v) is 5.20. The second-order valence-corrected chi connectivity index (χ2v) is 9.70. The van der Waals surface area contributed by atoms with E-state index in [4.69, 9.17) is 9.97 Å². The summed E-state index contributed by atoms with van der Waals surface area (Å²) < 4.78 is 0. The van der Waals surface area contributed by atoms with Crippen molar-refractivity contribution in [2.45, 2.75) is 40.0 Å². The van der Waals surface area contributed by atoms with Gasteiger partial charge in [-0.3, -0.25) is 4.79 Å². The Hall–Kier alpha value is -3.73. The zero-order valence-corrected chi connectivity index (χ0v) is 21.5. The summed E-state index contributed by atoms with van der Waals surface area (Å²) in [5, 5.41) is 2.12. The van der Waals surface area contributed by atoms with E-state index in [0.717, 1.165) is 72.6 Å². The summed E-state index contributed by atoms with van der Waals surface area (Å²) in [7, 11) is 0. The number of fused-ring (bicyclic) bond motifs is 1. The summed E-state index contributed by atoms with van der Waals surface area (Å²) >= 11 is 0. The molecule has 5 rings (SSSR count). The first-order chi connectivity index (χ1) is 17.5. The van der Waals surface area contributed by atoms with Crippen LogP contribution in [0, 0.1) is 13.8 Å². The van der Waals surface area contributed by atoms with Gasteiger partial charge in [0.25, 0.3) is 5.91 Å². The number of nitrogens with zero attached hydrogens (tertiary/aromatic N) is 4. The molecule has 5 heteroatoms. The van der Waals surface area contributed by atoms with Gasteiger partial charge in [-0.15, -0.1) is 0 Å². The number of anilines is 1. The highest BCUT2D eigenvalue weighted by Gasteiger charge is 2.25. The highest BCUT2D eigenvalue weighted by molar-refractivity contribution is 6.07. The molecule has 1 aromatic heterocycles. The van der Waals surface area contributed by atoms with Crippen molar-refractivity contribution >= 4 is 22.5 Å². The van der Waals surface area contributed by atoms with Crippen LogP contribution in [0.3, 0.4) is 0 Å². The van der Waals surface area contributed by atoms with Crippen LogP contribution in [0.25, 0.3) is 10.8 Å². The summed E-state index contributed by atoms with van der Waals surface area (Å²) in [4.78, 5) is 27.7. The van der Waals surface area contributed by atoms with Gasteiger partial charge in [0.15, 0.2) is 0 Å². The molecular weight excluding hydrogens is 444 g/mol. The van der Waals surface area contributed by atoms with Gasteiger partial charge >= 0.3 is 0 Å². The third-order valence-corrected chi connectivity index (χ3v) is 7.12. The summed E-state index contributed by atoms with van der Waals surface area (Å²) in [5.41, 5.74) is 5.64. The Morgan fingerprint density at radius 2 is 1.64 bits per heavy atom. The number of aryl methyl sites for hydroxylation is 3. The molecule has 0 saturated carbocycles. The fraction of sp³-hybridized carbons (Fsp3) is 0.323. The van der Waals surface area contributed by atoms with Crippen LogP contribution in [0.4, 0.5) is 5.82 Å². The average molecular weight is 479 g/mol. The molecule has 0 unspecified atom stereocenters. The minimum Gasteiger partial charge on any atom is -0.354 e. The molecule has 0 bridgehead atoms. The highest BCUT2D eigenvalue weighted by Crippen LogP contribution is 2.27. The lowest BCUT2D eigenvalue weighted by Gasteiger charge is -2.26. The SMILES string of the molecule is CCc1nc(C)nc(N2CCCN(C(=O)c3cccc4ccccc34)CC2)c1Cc1ccc(C)cc1. The van der Waals surface area contributed by atoms with Crippen molar-refractivity contribution in [2.24, 2.45) is 0 Å². The molecule has 184 valence electrons. The van der Waals surface area contributed by atoms with Gasteiger partial charge in [0, 0.05) is 49.4 Å². The summed E-state index contributed by atoms with van der Waals surface area (Å²) in [6.07, 6.45) is 2.59. The molecular formula is C31H34N4O. The number of hydrogen-bond donors (Lipinski definition) is 0. The molecule has 2 heterocycles. The second kappa shape index (κ2) is 10.5. The van der Waals surface area contributed by atoms with Gasteiger partial charge in [0.2, 0.25) is 0 Å². The molecule has 0 aliphatic carbocycles. The van der Waals surface area contributed by atoms with Crippen LogP contribution in [0.15, 0.2) is 66.7 Å². The van der Waals surface area contributed by atoms with Crippen molar-refractivity contribution in [1.29, 1.82) is 0 Å². The topological polar surface area (TPSA) is 49.3 Å². The van der Waals surface area contributed by atoms with Gasteiger partial charge in [-0.1, -0.05) is 73.2 Å². The van der Waals surface area contributed by atoms with Gasteiger partial charge in [0.1, 0.15) is 11.6 Å². The van der Waals surface area contributed by atoms with Crippen LogP contribution in [0.1, 0.15) is 51.9 Å². The third-order valence-electron chi connectivity index (χ3n) is 7.12. The highest BCUT2D eigenvalue weighted by atomic mass is 16.2. The number of amides is 1. The molecule has 1 aliphatic rings. The van der Waals surface area contributed by atoms with E-state index in [9.17, 15) is 4.79 Å². The summed E-state index contributed by atoms with van der Waals surface area (Å²) in [6, 6.07) is 22.8. The minimum atomic E-state index is 0.113. The lowest BCUT2D eigenvalue weighted by molar-refractivity contribution is 0.0769. The third kappa shape index (κ3) is 4.97. The summed E-state index contributed by atoms with van der Waals surface area (Å²) in [6.45, 7) is 9.32. The largest absolute Gasteiger partial charge is 0.354 e. The Balaban J connectivity index is 1.41. The fourth-order valence-electron chi connectivity index (χ4n) is 5.20. The van der Waals surface area contributed by atoms with E-state index in [0.29, 0.717) is 6.54 Å². The van der Waals surface area contributed by atoms with Gasteiger partial charge in [-0.25, -0.2) is 9.97 Å². The Bertz CT molecular complexity index is 1370. The van der Waals surface area contributed by atoms with Crippen molar-refractivity contribution in [3.8, 4) is 0 Å². The molecule has 0 spiro atoms. The van der Waals surface area contributed by atoms with E-state index in [1.54, 1.807) is 0 Å². The van der Waals surface area contributed by atoms with E-state index in [1.807, 2.05) is 42.2 Å². The molecule has 0 radical (unpaired) electrons. The Morgan fingerprint density at radius 1 is 0.861 bits per heavy atom. The van der Waals surface area contributed by atoms with E-state index >= 15 is 0 Å². The van der Waals surface area contributed by atoms with Crippen molar-refractivity contribution in [3.63, 3.8) is 0 Å². The molecule has 5 nitrogen and oxygen atoms in total. The van der Waals surface area contributed by atoms with Crippen LogP contribution in [0.2, 0.25) is 0 Å². The van der Waals surface area contributed by atoms with Crippen LogP contribution < -0.4 is 4.90 Å². The van der Waals surface area contributed by atoms with E-state index in [-0.39, 0.29) is 5.91 Å². The minimum absolute atomic E-state index is 0.113. The predicted molar refractivity (Wildman–Crippen MR) is 147 cm³/mol. The Morgan fingerprint density at radius 3 is 2.44 bits per heavy atom. The first-order valence-electron chi connectivity index (χ1n) is 13.0. The maximum Gasteiger partial charge on any atom is 0.254 e. The zero-order chi connectivity index (χ0) is 25.1. The second-order valence-electron chi connectivity index (χ2n) is 9.70. The summed E-state index contributed by atoms with van der Waals surface area (Å²) in [5.74, 6) is 1.95. The molecule has 4 aromatic rings. The molecule has 0 atom stereocenters. The standard InChI is InChI=1S/C31H34N4O/c1-4-29-28(21-24-15-13-22(2)14-16-24)30(33-23(3)32-29)34-17-8-18-35(20-19-34)31(36)27-12-7-10-25-9-5-6-11-26(25)27/h5-7,9-16H,4,8,17-21H2,1-3H3. The maximum absolute atomic E-state index is 13.6. The number of carbonyl (C=O) groups is 1. The van der Waals surface area contributed by atoms with Crippen LogP contribution >= 0.6 is 0 Å². The molecule has 1 fully saturated rings. The van der Waals surface area contributed by atoms with Crippen molar-refractivity contribution in [3.05, 3.63) is 101 Å². The first kappa shape index (κ1) is 24.0. The predicted octanol–water partition coefficient (Wildman–Crippen LogP) is 5.75. The van der Waals surface area contributed by atoms with Gasteiger partial charge in [-0.2, -0.15) is 0 Å². The van der Waals surface area contributed by atoms with E-state index < -0.39 is 0 Å². The first-order valence-corrected chi connectivity index (χ1v) is 13.0. The zero-order valence-electron chi connectivity index (χ0n) is 21.5. The quantitative estimate of drug-likeness (QED) is 0.366. The normalized spacial score (nSPS) is 14.2. The van der Waals surface area contributed by atoms with E-state index in [2.05, 4.69) is 55.1 Å². The lowest BCUT2D eigenvalue weighted by Crippen LogP contribution is -2.36. The molecule has 1 aliphatic heterocycles. The molecule has 1 amide bonds. The van der Waals surface area contributed by atoms with Gasteiger partial charge < -0.3 is 9.80 Å². The Kier molecular flexibility index (Phi) is 6.99. The van der Waals surface area contributed by atoms with Gasteiger partial charge in [-0.05, 0) is 49.1 Å². The van der Waals surface area contributed by atoms with E-state index in [1.165, 1.54) is 16.7 Å². The van der Waals surface area contributed by atoms with Crippen LogP contribution in [0.5, 0.6) is 0 Å². The Labute approximate surface area is 213 Å². The number of rotatable bonds is 5. The number of carbonyl (C=O) groups excluding carboxylic acids is 1. The van der Waals surface area contributed by atoms with Gasteiger partial charge in [0.05, 0.1) is 0 Å². The van der Waals surface area contributed by atoms with Crippen LogP contribution in [-0.2, 0) is 12.8 Å². The maximum atomic E-state index is 13.6. The number of hydrogen-bond acceptors (Lipinski definition) is 4. The number of benzene rings is 3. The smallest absolute Gasteiger partial charge is 0.254 e. The van der Waals surface area contributed by atoms with Crippen molar-refractivity contribution < 1.29 is 4.79 Å². The molecule has 0 N–H and O–H groups in total. The lowest BCUT2D eigenvalue weighted by atomic mass is 10.0. The molecule has 36 heavy (non-hydrogen) atoms. The van der Waals surface area contributed by atoms with Crippen molar-refractivity contribution in [2.75, 3.05) is 31.1 Å². The molecule has 3 aromatic carbocycles. The number of aromatic nitrogens is 2. The van der Waals surface area contributed by atoms with Crippen LogP contribution in [-0.4, -0.2) is 47.0 Å². The molecule has 1 saturated heterocycles. The average Bonchev–Trinajstić information content (AvgIpc) is 3.16. The monoisotopic (exact) mass is 478 g/mol.